The van der Waals surface area contributed by atoms with Crippen molar-refractivity contribution in [3.8, 4) is 0 Å². The SMILES string of the molecule is CC(=O)N1CC([SH](C)C)(C(C)(C)C)C1. The van der Waals surface area contributed by atoms with Crippen molar-refractivity contribution in [1.82, 2.24) is 4.90 Å². The maximum atomic E-state index is 11.2. The first-order valence-electron chi connectivity index (χ1n) is 5.14. The molecule has 84 valence electrons. The number of rotatable bonds is 1. The number of nitrogens with zero attached hydrogens (tertiary/aromatic N) is 1. The van der Waals surface area contributed by atoms with Gasteiger partial charge in [-0.3, -0.25) is 4.79 Å². The largest absolute Gasteiger partial charge is 0.340 e. The minimum absolute atomic E-state index is 0.00742. The van der Waals surface area contributed by atoms with Crippen LogP contribution in [0.4, 0.5) is 0 Å². The second kappa shape index (κ2) is 3.44. The molecule has 3 heteroatoms. The molecule has 0 saturated carbocycles. The van der Waals surface area contributed by atoms with Gasteiger partial charge in [0.2, 0.25) is 5.91 Å². The molecule has 1 aliphatic heterocycles. The number of carbonyl (C=O) groups is 1. The fraction of sp³-hybridized carbons (Fsp3) is 0.909. The van der Waals surface area contributed by atoms with Crippen LogP contribution in [-0.4, -0.2) is 41.2 Å². The Balaban J connectivity index is 2.78. The summed E-state index contributed by atoms with van der Waals surface area (Å²) in [5.41, 5.74) is 0.314. The van der Waals surface area contributed by atoms with Crippen LogP contribution in [0.25, 0.3) is 0 Å². The van der Waals surface area contributed by atoms with Crippen molar-refractivity contribution in [3.05, 3.63) is 0 Å². The molecule has 1 fully saturated rings. The summed E-state index contributed by atoms with van der Waals surface area (Å²) in [4.78, 5) is 13.2. The summed E-state index contributed by atoms with van der Waals surface area (Å²) in [5, 5.41) is 0. The summed E-state index contributed by atoms with van der Waals surface area (Å²) in [6, 6.07) is 0. The Morgan fingerprint density at radius 1 is 1.29 bits per heavy atom. The predicted octanol–water partition coefficient (Wildman–Crippen LogP) is 1.89. The van der Waals surface area contributed by atoms with Crippen LogP contribution < -0.4 is 0 Å². The average Bonchev–Trinajstić information content (AvgIpc) is 1.77. The van der Waals surface area contributed by atoms with E-state index >= 15 is 0 Å². The fourth-order valence-corrected chi connectivity index (χ4v) is 4.48. The van der Waals surface area contributed by atoms with E-state index in [0.717, 1.165) is 13.1 Å². The Hall–Kier alpha value is -0.180. The van der Waals surface area contributed by atoms with Gasteiger partial charge in [0.1, 0.15) is 0 Å². The molecule has 0 aliphatic carbocycles. The van der Waals surface area contributed by atoms with Crippen molar-refractivity contribution in [1.29, 1.82) is 0 Å². The molecule has 1 heterocycles. The molecule has 0 aromatic heterocycles. The zero-order chi connectivity index (χ0) is 11.1. The van der Waals surface area contributed by atoms with E-state index in [2.05, 4.69) is 33.3 Å². The molecule has 14 heavy (non-hydrogen) atoms. The number of amides is 1. The van der Waals surface area contributed by atoms with Crippen LogP contribution >= 0.6 is 10.9 Å². The third-order valence-corrected chi connectivity index (χ3v) is 6.27. The van der Waals surface area contributed by atoms with E-state index < -0.39 is 0 Å². The van der Waals surface area contributed by atoms with Crippen molar-refractivity contribution in [2.75, 3.05) is 25.6 Å². The number of hydrogen-bond acceptors (Lipinski definition) is 1. The standard InChI is InChI=1S/C11H23NOS/c1-9(13)12-7-11(8-12,14(5)6)10(2,3)4/h14H,7-8H2,1-6H3. The van der Waals surface area contributed by atoms with Gasteiger partial charge in [-0.05, 0) is 17.9 Å². The van der Waals surface area contributed by atoms with Gasteiger partial charge < -0.3 is 4.90 Å². The lowest BCUT2D eigenvalue weighted by Gasteiger charge is -2.60. The topological polar surface area (TPSA) is 20.3 Å². The quantitative estimate of drug-likeness (QED) is 0.665. The summed E-state index contributed by atoms with van der Waals surface area (Å²) in [6.45, 7) is 10.5. The van der Waals surface area contributed by atoms with Gasteiger partial charge in [-0.2, -0.15) is 0 Å². The predicted molar refractivity (Wildman–Crippen MR) is 65.3 cm³/mol. The molecule has 0 unspecified atom stereocenters. The smallest absolute Gasteiger partial charge is 0.219 e. The lowest BCUT2D eigenvalue weighted by Crippen LogP contribution is -2.68. The Labute approximate surface area is 90.4 Å². The van der Waals surface area contributed by atoms with Crippen LogP contribution in [0.1, 0.15) is 27.7 Å². The van der Waals surface area contributed by atoms with E-state index in [1.807, 2.05) is 4.90 Å². The highest BCUT2D eigenvalue weighted by Crippen LogP contribution is 2.53. The van der Waals surface area contributed by atoms with Crippen molar-refractivity contribution >= 4 is 16.8 Å². The Morgan fingerprint density at radius 2 is 1.71 bits per heavy atom. The molecule has 1 saturated heterocycles. The Bertz CT molecular complexity index is 236. The van der Waals surface area contributed by atoms with Crippen LogP contribution in [0, 0.1) is 5.41 Å². The summed E-state index contributed by atoms with van der Waals surface area (Å²) in [5.74, 6) is 0.224. The Morgan fingerprint density at radius 3 is 1.93 bits per heavy atom. The van der Waals surface area contributed by atoms with Gasteiger partial charge in [-0.15, -0.1) is 0 Å². The summed E-state index contributed by atoms with van der Waals surface area (Å²) < 4.78 is 0.383. The second-order valence-electron chi connectivity index (χ2n) is 5.55. The van der Waals surface area contributed by atoms with E-state index in [4.69, 9.17) is 0 Å². The minimum atomic E-state index is 0.00742. The van der Waals surface area contributed by atoms with Crippen LogP contribution in [0.15, 0.2) is 0 Å². The van der Waals surface area contributed by atoms with E-state index in [-0.39, 0.29) is 16.8 Å². The molecule has 0 atom stereocenters. The number of thiol groups is 1. The molecule has 0 N–H and O–H groups in total. The van der Waals surface area contributed by atoms with E-state index in [1.54, 1.807) is 6.92 Å². The van der Waals surface area contributed by atoms with E-state index in [0.29, 0.717) is 10.2 Å². The van der Waals surface area contributed by atoms with Gasteiger partial charge in [0.05, 0.1) is 0 Å². The van der Waals surface area contributed by atoms with Crippen molar-refractivity contribution in [2.24, 2.45) is 5.41 Å². The molecule has 1 aliphatic rings. The molecule has 1 amide bonds. The highest BCUT2D eigenvalue weighted by molar-refractivity contribution is 8.17. The van der Waals surface area contributed by atoms with Gasteiger partial charge in [-0.25, -0.2) is 10.9 Å². The number of hydrogen-bond donors (Lipinski definition) is 1. The number of likely N-dealkylation sites (tertiary alicyclic amines) is 1. The second-order valence-corrected chi connectivity index (χ2v) is 8.20. The maximum Gasteiger partial charge on any atom is 0.219 e. The third-order valence-electron chi connectivity index (χ3n) is 3.60. The first-order chi connectivity index (χ1) is 6.21. The third kappa shape index (κ3) is 1.67. The van der Waals surface area contributed by atoms with Gasteiger partial charge in [-0.1, -0.05) is 20.8 Å². The van der Waals surface area contributed by atoms with Crippen molar-refractivity contribution in [2.45, 2.75) is 32.4 Å². The maximum absolute atomic E-state index is 11.2. The zero-order valence-corrected chi connectivity index (χ0v) is 11.1. The van der Waals surface area contributed by atoms with Crippen LogP contribution in [0.2, 0.25) is 0 Å². The first kappa shape index (κ1) is 11.9. The lowest BCUT2D eigenvalue weighted by atomic mass is 9.75. The molecule has 0 bridgehead atoms. The molecule has 0 aromatic carbocycles. The van der Waals surface area contributed by atoms with E-state index in [9.17, 15) is 4.79 Å². The van der Waals surface area contributed by atoms with Crippen molar-refractivity contribution < 1.29 is 4.79 Å². The molecular formula is C11H23NOS. The lowest BCUT2D eigenvalue weighted by molar-refractivity contribution is -0.135. The minimum Gasteiger partial charge on any atom is -0.340 e. The number of carbonyl (C=O) groups excluding carboxylic acids is 1. The van der Waals surface area contributed by atoms with Crippen LogP contribution in [-0.2, 0) is 4.79 Å². The highest BCUT2D eigenvalue weighted by atomic mass is 32.2. The normalized spacial score (nSPS) is 21.6. The zero-order valence-electron chi connectivity index (χ0n) is 10.2. The van der Waals surface area contributed by atoms with Crippen LogP contribution in [0.5, 0.6) is 0 Å². The molecule has 1 rings (SSSR count). The molecular weight excluding hydrogens is 194 g/mol. The summed E-state index contributed by atoms with van der Waals surface area (Å²) in [6.07, 6.45) is 4.66. The highest BCUT2D eigenvalue weighted by Gasteiger charge is 2.52. The summed E-state index contributed by atoms with van der Waals surface area (Å²) >= 11 is 0. The molecule has 0 spiro atoms. The van der Waals surface area contributed by atoms with Gasteiger partial charge in [0.15, 0.2) is 0 Å². The average molecular weight is 217 g/mol. The Kier molecular flexibility index (Phi) is 2.92. The monoisotopic (exact) mass is 217 g/mol. The van der Waals surface area contributed by atoms with Gasteiger partial charge in [0.25, 0.3) is 0 Å². The molecule has 2 nitrogen and oxygen atoms in total. The first-order valence-corrected chi connectivity index (χ1v) is 7.37. The fourth-order valence-electron chi connectivity index (χ4n) is 2.24. The molecule has 0 radical (unpaired) electrons. The molecule has 0 aromatic rings. The van der Waals surface area contributed by atoms with Gasteiger partial charge >= 0.3 is 0 Å². The van der Waals surface area contributed by atoms with Crippen molar-refractivity contribution in [3.63, 3.8) is 0 Å². The van der Waals surface area contributed by atoms with E-state index in [1.165, 1.54) is 0 Å². The van der Waals surface area contributed by atoms with Gasteiger partial charge in [0, 0.05) is 24.8 Å². The summed E-state index contributed by atoms with van der Waals surface area (Å²) in [7, 11) is 0.00742. The van der Waals surface area contributed by atoms with Crippen LogP contribution in [0.3, 0.4) is 0 Å².